The highest BCUT2D eigenvalue weighted by molar-refractivity contribution is 7.18. The van der Waals surface area contributed by atoms with Gasteiger partial charge >= 0.3 is 0 Å². The molecular formula is C21H26N2O2S. The molecule has 0 bridgehead atoms. The van der Waals surface area contributed by atoms with Crippen LogP contribution in [0.3, 0.4) is 0 Å². The smallest absolute Gasteiger partial charge is 0.263 e. The SMILES string of the molecule is CN(CCC1CC1)C(=O)c1cc(-c2ccccc2)c(N2CCOCC2)s1. The predicted molar refractivity (Wildman–Crippen MR) is 107 cm³/mol. The Morgan fingerprint density at radius 1 is 1.23 bits per heavy atom. The largest absolute Gasteiger partial charge is 0.378 e. The van der Waals surface area contributed by atoms with Gasteiger partial charge in [0.2, 0.25) is 0 Å². The molecule has 138 valence electrons. The monoisotopic (exact) mass is 370 g/mol. The second-order valence-electron chi connectivity index (χ2n) is 7.25. The number of ether oxygens (including phenoxy) is 1. The summed E-state index contributed by atoms with van der Waals surface area (Å²) in [4.78, 5) is 18.0. The average molecular weight is 371 g/mol. The molecule has 0 radical (unpaired) electrons. The topological polar surface area (TPSA) is 32.8 Å². The Bertz CT molecular complexity index is 749. The van der Waals surface area contributed by atoms with Crippen LogP contribution in [0.5, 0.6) is 0 Å². The number of anilines is 1. The van der Waals surface area contributed by atoms with E-state index in [-0.39, 0.29) is 5.91 Å². The lowest BCUT2D eigenvalue weighted by atomic mass is 10.1. The van der Waals surface area contributed by atoms with Crippen molar-refractivity contribution in [2.24, 2.45) is 5.92 Å². The molecule has 0 spiro atoms. The summed E-state index contributed by atoms with van der Waals surface area (Å²) in [6.07, 6.45) is 3.80. The molecule has 26 heavy (non-hydrogen) atoms. The molecule has 1 aromatic heterocycles. The van der Waals surface area contributed by atoms with Crippen molar-refractivity contribution in [1.29, 1.82) is 0 Å². The highest BCUT2D eigenvalue weighted by Gasteiger charge is 2.25. The Balaban J connectivity index is 1.60. The molecule has 2 fully saturated rings. The zero-order valence-electron chi connectivity index (χ0n) is 15.3. The zero-order valence-corrected chi connectivity index (χ0v) is 16.1. The van der Waals surface area contributed by atoms with E-state index in [0.29, 0.717) is 0 Å². The lowest BCUT2D eigenvalue weighted by molar-refractivity contribution is 0.0796. The lowest BCUT2D eigenvalue weighted by Crippen LogP contribution is -2.35. The van der Waals surface area contributed by atoms with Crippen molar-refractivity contribution in [3.05, 3.63) is 41.3 Å². The Morgan fingerprint density at radius 3 is 2.65 bits per heavy atom. The van der Waals surface area contributed by atoms with Gasteiger partial charge < -0.3 is 14.5 Å². The summed E-state index contributed by atoms with van der Waals surface area (Å²) in [5.74, 6) is 0.990. The van der Waals surface area contributed by atoms with Gasteiger partial charge in [-0.3, -0.25) is 4.79 Å². The first-order chi connectivity index (χ1) is 12.7. The Labute approximate surface area is 159 Å². The third kappa shape index (κ3) is 3.94. The van der Waals surface area contributed by atoms with Crippen molar-refractivity contribution < 1.29 is 9.53 Å². The fraction of sp³-hybridized carbons (Fsp3) is 0.476. The van der Waals surface area contributed by atoms with Crippen LogP contribution in [0, 0.1) is 5.92 Å². The fourth-order valence-corrected chi connectivity index (χ4v) is 4.61. The molecule has 2 heterocycles. The number of carbonyl (C=O) groups is 1. The normalized spacial score (nSPS) is 17.3. The summed E-state index contributed by atoms with van der Waals surface area (Å²) >= 11 is 1.63. The molecule has 4 rings (SSSR count). The van der Waals surface area contributed by atoms with Crippen molar-refractivity contribution in [3.63, 3.8) is 0 Å². The first-order valence-electron chi connectivity index (χ1n) is 9.50. The maximum absolute atomic E-state index is 13.0. The van der Waals surface area contributed by atoms with Gasteiger partial charge in [0.05, 0.1) is 23.1 Å². The molecule has 4 nitrogen and oxygen atoms in total. The number of rotatable bonds is 6. The molecule has 1 saturated heterocycles. The van der Waals surface area contributed by atoms with Gasteiger partial charge in [-0.15, -0.1) is 11.3 Å². The average Bonchev–Trinajstić information content (AvgIpc) is 3.42. The molecule has 0 atom stereocenters. The second-order valence-corrected chi connectivity index (χ2v) is 8.28. The molecule has 2 aliphatic rings. The van der Waals surface area contributed by atoms with Crippen LogP contribution in [0.25, 0.3) is 11.1 Å². The molecule has 5 heteroatoms. The van der Waals surface area contributed by atoms with Crippen LogP contribution < -0.4 is 4.90 Å². The van der Waals surface area contributed by atoms with Gasteiger partial charge in [-0.2, -0.15) is 0 Å². The molecule has 1 aliphatic heterocycles. The fourth-order valence-electron chi connectivity index (χ4n) is 3.39. The van der Waals surface area contributed by atoms with Gasteiger partial charge in [0.15, 0.2) is 0 Å². The van der Waals surface area contributed by atoms with Crippen LogP contribution in [0.1, 0.15) is 28.9 Å². The van der Waals surface area contributed by atoms with Gasteiger partial charge in [-0.1, -0.05) is 43.2 Å². The minimum atomic E-state index is 0.146. The van der Waals surface area contributed by atoms with Crippen LogP contribution in [0.4, 0.5) is 5.00 Å². The number of thiophene rings is 1. The van der Waals surface area contributed by atoms with E-state index in [0.717, 1.165) is 55.6 Å². The summed E-state index contributed by atoms with van der Waals surface area (Å²) < 4.78 is 5.51. The first-order valence-corrected chi connectivity index (χ1v) is 10.3. The number of hydrogen-bond donors (Lipinski definition) is 0. The minimum Gasteiger partial charge on any atom is -0.378 e. The molecule has 1 aliphatic carbocycles. The number of carbonyl (C=O) groups excluding carboxylic acids is 1. The van der Waals surface area contributed by atoms with Crippen molar-refractivity contribution in [2.75, 3.05) is 44.8 Å². The molecule has 1 saturated carbocycles. The van der Waals surface area contributed by atoms with E-state index in [1.807, 2.05) is 18.0 Å². The summed E-state index contributed by atoms with van der Waals surface area (Å²) in [6, 6.07) is 12.5. The van der Waals surface area contributed by atoms with Crippen LogP contribution in [-0.2, 0) is 4.74 Å². The van der Waals surface area contributed by atoms with E-state index in [9.17, 15) is 4.79 Å². The van der Waals surface area contributed by atoms with E-state index in [4.69, 9.17) is 4.74 Å². The van der Waals surface area contributed by atoms with E-state index >= 15 is 0 Å². The zero-order chi connectivity index (χ0) is 17.9. The summed E-state index contributed by atoms with van der Waals surface area (Å²) in [5.41, 5.74) is 2.33. The summed E-state index contributed by atoms with van der Waals surface area (Å²) in [6.45, 7) is 4.11. The predicted octanol–water partition coefficient (Wildman–Crippen LogP) is 4.12. The number of nitrogens with zero attached hydrogens (tertiary/aromatic N) is 2. The highest BCUT2D eigenvalue weighted by Crippen LogP contribution is 2.40. The van der Waals surface area contributed by atoms with Gasteiger partial charge in [0, 0.05) is 32.2 Å². The molecule has 0 unspecified atom stereocenters. The van der Waals surface area contributed by atoms with Crippen LogP contribution in [0.15, 0.2) is 36.4 Å². The van der Waals surface area contributed by atoms with E-state index < -0.39 is 0 Å². The van der Waals surface area contributed by atoms with Crippen molar-refractivity contribution >= 4 is 22.2 Å². The van der Waals surface area contributed by atoms with Gasteiger partial charge in [-0.05, 0) is 24.0 Å². The third-order valence-electron chi connectivity index (χ3n) is 5.22. The Kier molecular flexibility index (Phi) is 5.27. The van der Waals surface area contributed by atoms with Crippen molar-refractivity contribution in [1.82, 2.24) is 4.90 Å². The molecule has 1 aromatic carbocycles. The number of benzene rings is 1. The lowest BCUT2D eigenvalue weighted by Gasteiger charge is -2.28. The molecule has 0 N–H and O–H groups in total. The number of amides is 1. The Hall–Kier alpha value is -1.85. The summed E-state index contributed by atoms with van der Waals surface area (Å²) in [7, 11) is 1.93. The van der Waals surface area contributed by atoms with E-state index in [2.05, 4.69) is 35.2 Å². The summed E-state index contributed by atoms with van der Waals surface area (Å²) in [5, 5.41) is 1.19. The van der Waals surface area contributed by atoms with E-state index in [1.165, 1.54) is 23.4 Å². The van der Waals surface area contributed by atoms with Crippen LogP contribution >= 0.6 is 11.3 Å². The molecule has 2 aromatic rings. The third-order valence-corrected chi connectivity index (χ3v) is 6.41. The van der Waals surface area contributed by atoms with Crippen molar-refractivity contribution in [2.45, 2.75) is 19.3 Å². The maximum Gasteiger partial charge on any atom is 0.263 e. The number of morpholine rings is 1. The second kappa shape index (κ2) is 7.80. The maximum atomic E-state index is 13.0. The minimum absolute atomic E-state index is 0.146. The van der Waals surface area contributed by atoms with E-state index in [1.54, 1.807) is 11.3 Å². The van der Waals surface area contributed by atoms with Gasteiger partial charge in [-0.25, -0.2) is 0 Å². The number of hydrogen-bond acceptors (Lipinski definition) is 4. The molecule has 1 amide bonds. The standard InChI is InChI=1S/C21H26N2O2S/c1-22(10-9-16-7-8-16)20(24)19-15-18(17-5-3-2-4-6-17)21(26-19)23-11-13-25-14-12-23/h2-6,15-16H,7-14H2,1H3. The Morgan fingerprint density at radius 2 is 1.96 bits per heavy atom. The van der Waals surface area contributed by atoms with Gasteiger partial charge in [0.1, 0.15) is 0 Å². The molecular weight excluding hydrogens is 344 g/mol. The van der Waals surface area contributed by atoms with Gasteiger partial charge in [0.25, 0.3) is 5.91 Å². The highest BCUT2D eigenvalue weighted by atomic mass is 32.1. The van der Waals surface area contributed by atoms with Crippen LogP contribution in [0.2, 0.25) is 0 Å². The van der Waals surface area contributed by atoms with Crippen molar-refractivity contribution in [3.8, 4) is 11.1 Å². The quantitative estimate of drug-likeness (QED) is 0.767. The first kappa shape index (κ1) is 17.6. The van der Waals surface area contributed by atoms with Crippen LogP contribution in [-0.4, -0.2) is 50.7 Å².